The number of fused-ring (bicyclic) bond motifs is 1. The minimum Gasteiger partial charge on any atom is -0.321 e. The molecule has 0 aliphatic heterocycles. The minimum atomic E-state index is -0.284. The lowest BCUT2D eigenvalue weighted by Crippen LogP contribution is -2.11. The second-order valence-corrected chi connectivity index (χ2v) is 7.68. The van der Waals surface area contributed by atoms with Gasteiger partial charge in [-0.1, -0.05) is 29.0 Å². The van der Waals surface area contributed by atoms with Crippen LogP contribution in [0, 0.1) is 0 Å². The first-order chi connectivity index (χ1) is 13.1. The number of nitrogens with zero attached hydrogens (tertiary/aromatic N) is 2. The molecule has 2 aromatic carbocycles. The van der Waals surface area contributed by atoms with Gasteiger partial charge < -0.3 is 5.32 Å². The highest BCUT2D eigenvalue weighted by Crippen LogP contribution is 2.29. The Kier molecular flexibility index (Phi) is 4.85. The van der Waals surface area contributed by atoms with Gasteiger partial charge in [-0.25, -0.2) is 9.97 Å². The van der Waals surface area contributed by atoms with E-state index < -0.39 is 0 Å². The highest BCUT2D eigenvalue weighted by molar-refractivity contribution is 7.22. The van der Waals surface area contributed by atoms with Gasteiger partial charge in [-0.15, -0.1) is 11.3 Å². The van der Waals surface area contributed by atoms with E-state index in [2.05, 4.69) is 20.6 Å². The second kappa shape index (κ2) is 7.43. The first kappa shape index (κ1) is 17.6. The van der Waals surface area contributed by atoms with Crippen LogP contribution in [0.25, 0.3) is 10.2 Å². The number of benzene rings is 2. The number of hydrogen-bond acceptors (Lipinski definition) is 6. The fraction of sp³-hybridized carbons (Fsp3) is 0. The number of aromatic nitrogens is 2. The number of carbonyl (C=O) groups excluding carboxylic acids is 2. The number of anilines is 2. The van der Waals surface area contributed by atoms with Crippen LogP contribution in [-0.2, 0) is 0 Å². The number of halogens is 1. The van der Waals surface area contributed by atoms with Crippen LogP contribution in [0.4, 0.5) is 10.8 Å². The third kappa shape index (κ3) is 3.97. The van der Waals surface area contributed by atoms with Crippen molar-refractivity contribution in [2.75, 3.05) is 10.6 Å². The summed E-state index contributed by atoms with van der Waals surface area (Å²) in [7, 11) is 0. The minimum absolute atomic E-state index is 0.269. The lowest BCUT2D eigenvalue weighted by atomic mass is 10.2. The van der Waals surface area contributed by atoms with Crippen LogP contribution in [0.2, 0.25) is 5.02 Å². The summed E-state index contributed by atoms with van der Waals surface area (Å²) in [4.78, 5) is 32.8. The van der Waals surface area contributed by atoms with Crippen LogP contribution in [-0.4, -0.2) is 21.8 Å². The first-order valence-electron chi connectivity index (χ1n) is 7.75. The molecule has 134 valence electrons. The highest BCUT2D eigenvalue weighted by atomic mass is 35.5. The number of hydrogen-bond donors (Lipinski definition) is 2. The summed E-state index contributed by atoms with van der Waals surface area (Å²) in [5.74, 6) is -0.553. The van der Waals surface area contributed by atoms with Gasteiger partial charge >= 0.3 is 0 Å². The topological polar surface area (TPSA) is 84.0 Å². The van der Waals surface area contributed by atoms with E-state index in [1.165, 1.54) is 22.7 Å². The Bertz CT molecular complexity index is 1140. The van der Waals surface area contributed by atoms with Crippen molar-refractivity contribution in [3.63, 3.8) is 0 Å². The second-order valence-electron chi connectivity index (χ2n) is 5.49. The predicted molar refractivity (Wildman–Crippen MR) is 109 cm³/mol. The van der Waals surface area contributed by atoms with Gasteiger partial charge in [-0.3, -0.25) is 14.9 Å². The molecule has 9 heteroatoms. The fourth-order valence-electron chi connectivity index (χ4n) is 2.37. The van der Waals surface area contributed by atoms with Gasteiger partial charge in [0.1, 0.15) is 5.69 Å². The van der Waals surface area contributed by atoms with E-state index in [0.717, 1.165) is 10.2 Å². The average Bonchev–Trinajstić information content (AvgIpc) is 3.30. The van der Waals surface area contributed by atoms with Gasteiger partial charge in [0.05, 0.1) is 15.7 Å². The lowest BCUT2D eigenvalue weighted by molar-refractivity contribution is 0.101. The molecule has 0 atom stereocenters. The van der Waals surface area contributed by atoms with Crippen LogP contribution in [0.3, 0.4) is 0 Å². The summed E-state index contributed by atoms with van der Waals surface area (Å²) in [6, 6.07) is 12.1. The van der Waals surface area contributed by atoms with E-state index in [1.807, 2.05) is 6.07 Å². The molecule has 0 radical (unpaired) electrons. The molecule has 0 saturated heterocycles. The Morgan fingerprint density at radius 2 is 1.93 bits per heavy atom. The van der Waals surface area contributed by atoms with Gasteiger partial charge in [0.15, 0.2) is 5.13 Å². The number of rotatable bonds is 4. The van der Waals surface area contributed by atoms with Crippen LogP contribution >= 0.6 is 34.3 Å². The average molecular weight is 415 g/mol. The van der Waals surface area contributed by atoms with Gasteiger partial charge in [0.25, 0.3) is 11.8 Å². The summed E-state index contributed by atoms with van der Waals surface area (Å²) in [5.41, 5.74) is 3.80. The standard InChI is InChI=1S/C18H11ClN4O2S2/c19-11-3-1-2-10(6-11)16(24)23-18-22-13-5-4-12(7-15(13)27-18)21-17(25)14-8-26-9-20-14/h1-9H,(H,21,25)(H,22,23,24). The smallest absolute Gasteiger partial charge is 0.275 e. The maximum absolute atomic E-state index is 12.3. The number of nitrogens with one attached hydrogen (secondary N) is 2. The zero-order valence-electron chi connectivity index (χ0n) is 13.6. The van der Waals surface area contributed by atoms with Crippen molar-refractivity contribution >= 4 is 67.1 Å². The molecular formula is C18H11ClN4O2S2. The van der Waals surface area contributed by atoms with Crippen molar-refractivity contribution in [3.05, 3.63) is 69.6 Å². The molecule has 0 fully saturated rings. The van der Waals surface area contributed by atoms with Gasteiger partial charge in [0.2, 0.25) is 0 Å². The maximum atomic E-state index is 12.3. The Morgan fingerprint density at radius 1 is 1.04 bits per heavy atom. The molecule has 2 aromatic heterocycles. The molecule has 4 rings (SSSR count). The van der Waals surface area contributed by atoms with Crippen molar-refractivity contribution in [1.29, 1.82) is 0 Å². The van der Waals surface area contributed by atoms with E-state index in [9.17, 15) is 9.59 Å². The first-order valence-corrected chi connectivity index (χ1v) is 9.89. The number of carbonyl (C=O) groups is 2. The van der Waals surface area contributed by atoms with Crippen molar-refractivity contribution < 1.29 is 9.59 Å². The molecular weight excluding hydrogens is 404 g/mol. The number of thiazole rings is 2. The molecule has 4 aromatic rings. The largest absolute Gasteiger partial charge is 0.321 e. The van der Waals surface area contributed by atoms with Crippen molar-refractivity contribution in [3.8, 4) is 0 Å². The molecule has 0 bridgehead atoms. The Hall–Kier alpha value is -2.81. The van der Waals surface area contributed by atoms with Gasteiger partial charge in [-0.05, 0) is 36.4 Å². The van der Waals surface area contributed by atoms with Crippen LogP contribution in [0.1, 0.15) is 20.8 Å². The number of amides is 2. The molecule has 0 saturated carbocycles. The van der Waals surface area contributed by atoms with Crippen molar-refractivity contribution in [2.24, 2.45) is 0 Å². The Labute approximate surface area is 166 Å². The maximum Gasteiger partial charge on any atom is 0.275 e. The quantitative estimate of drug-likeness (QED) is 0.497. The molecule has 0 aliphatic rings. The molecule has 27 heavy (non-hydrogen) atoms. The Morgan fingerprint density at radius 3 is 2.70 bits per heavy atom. The Balaban J connectivity index is 1.52. The van der Waals surface area contributed by atoms with E-state index in [0.29, 0.717) is 27.1 Å². The zero-order valence-corrected chi connectivity index (χ0v) is 16.0. The van der Waals surface area contributed by atoms with E-state index in [1.54, 1.807) is 47.3 Å². The van der Waals surface area contributed by atoms with E-state index in [4.69, 9.17) is 11.6 Å². The van der Waals surface area contributed by atoms with Crippen LogP contribution in [0.5, 0.6) is 0 Å². The normalized spacial score (nSPS) is 10.7. The third-order valence-corrected chi connectivity index (χ3v) is 5.37. The monoisotopic (exact) mass is 414 g/mol. The molecule has 6 nitrogen and oxygen atoms in total. The van der Waals surface area contributed by atoms with E-state index >= 15 is 0 Å². The van der Waals surface area contributed by atoms with Crippen LogP contribution in [0.15, 0.2) is 53.4 Å². The fourth-order valence-corrected chi connectivity index (χ4v) is 4.00. The SMILES string of the molecule is O=C(Nc1nc2ccc(NC(=O)c3cscn3)cc2s1)c1cccc(Cl)c1. The molecule has 0 unspecified atom stereocenters. The van der Waals surface area contributed by atoms with Gasteiger partial charge in [0, 0.05) is 21.7 Å². The molecule has 2 amide bonds. The van der Waals surface area contributed by atoms with Crippen molar-refractivity contribution in [1.82, 2.24) is 9.97 Å². The van der Waals surface area contributed by atoms with E-state index in [-0.39, 0.29) is 11.8 Å². The summed E-state index contributed by atoms with van der Waals surface area (Å²) < 4.78 is 0.840. The summed E-state index contributed by atoms with van der Waals surface area (Å²) in [5, 5.41) is 8.22. The van der Waals surface area contributed by atoms with Crippen LogP contribution < -0.4 is 10.6 Å². The summed E-state index contributed by atoms with van der Waals surface area (Å²) in [6.07, 6.45) is 0. The molecule has 0 spiro atoms. The third-order valence-electron chi connectivity index (χ3n) is 3.62. The molecule has 2 N–H and O–H groups in total. The van der Waals surface area contributed by atoms with Crippen molar-refractivity contribution in [2.45, 2.75) is 0 Å². The molecule has 2 heterocycles. The summed E-state index contributed by atoms with van der Waals surface area (Å²) >= 11 is 8.60. The molecule has 0 aliphatic carbocycles. The zero-order chi connectivity index (χ0) is 18.8. The summed E-state index contributed by atoms with van der Waals surface area (Å²) in [6.45, 7) is 0. The van der Waals surface area contributed by atoms with Gasteiger partial charge in [-0.2, -0.15) is 0 Å². The predicted octanol–water partition coefficient (Wildman–Crippen LogP) is 4.91. The lowest BCUT2D eigenvalue weighted by Gasteiger charge is -2.02. The highest BCUT2D eigenvalue weighted by Gasteiger charge is 2.12.